The number of anilines is 2. The van der Waals surface area contributed by atoms with Crippen LogP contribution in [0.5, 0.6) is 0 Å². The fourth-order valence-electron chi connectivity index (χ4n) is 6.47. The molecule has 70 heavy (non-hydrogen) atoms. The molecule has 0 aliphatic carbocycles. The van der Waals surface area contributed by atoms with Crippen LogP contribution in [-0.4, -0.2) is 188 Å². The van der Waals surface area contributed by atoms with Crippen molar-refractivity contribution in [2.75, 3.05) is 89.5 Å². The number of likely N-dealkylation sites (N-methyl/N-ethyl adjacent to an activating group) is 2. The summed E-state index contributed by atoms with van der Waals surface area (Å²) in [5.74, 6) is -2.17. The second kappa shape index (κ2) is 26.2. The van der Waals surface area contributed by atoms with Crippen LogP contribution in [0.3, 0.4) is 0 Å². The Morgan fingerprint density at radius 1 is 0.586 bits per heavy atom. The van der Waals surface area contributed by atoms with Crippen molar-refractivity contribution in [1.82, 2.24) is 49.5 Å². The van der Waals surface area contributed by atoms with Gasteiger partial charge in [0.15, 0.2) is 11.4 Å². The van der Waals surface area contributed by atoms with Crippen molar-refractivity contribution in [1.29, 1.82) is 0 Å². The quantitative estimate of drug-likeness (QED) is 0.117. The highest BCUT2D eigenvalue weighted by atomic mass is 35.5. The van der Waals surface area contributed by atoms with Crippen LogP contribution in [-0.2, 0) is 38.1 Å². The van der Waals surface area contributed by atoms with Crippen molar-refractivity contribution in [3.8, 4) is 0 Å². The Morgan fingerprint density at radius 3 is 1.26 bits per heavy atom. The second-order valence-corrected chi connectivity index (χ2v) is 15.7. The summed E-state index contributed by atoms with van der Waals surface area (Å²) < 4.78 is 19.5. The molecule has 2 N–H and O–H groups in total. The third-order valence-corrected chi connectivity index (χ3v) is 10.5. The Labute approximate surface area is 408 Å². The zero-order valence-corrected chi connectivity index (χ0v) is 39.0. The lowest BCUT2D eigenvalue weighted by Gasteiger charge is -2.33. The number of amides is 4. The molecule has 8 heterocycles. The number of nitrogens with zero attached hydrogens (tertiary/aromatic N) is 12. The Morgan fingerprint density at radius 2 is 0.943 bits per heavy atom. The number of pyridine rings is 2. The van der Waals surface area contributed by atoms with Crippen molar-refractivity contribution in [3.63, 3.8) is 0 Å². The number of ether oxygens (including phenoxy) is 4. The van der Waals surface area contributed by atoms with Crippen molar-refractivity contribution in [2.45, 2.75) is 25.3 Å². The van der Waals surface area contributed by atoms with Gasteiger partial charge in [-0.15, -0.1) is 0 Å². The molecule has 26 nitrogen and oxygen atoms in total. The SMILES string of the molecule is CN1CCN(C(=O)O[C@H]2c3nccnc3C(=O)N2c2ccc(Cl)cn2)CC1.CN1CCN(C(=O)O[C@H]2c3nccnc3C(=O)N2c2ccc(Cl)cn2)CC1.O=COCCC(=O)O.O=COCCC(=O)O. The zero-order valence-electron chi connectivity index (χ0n) is 37.5. The normalized spacial score (nSPS) is 17.2. The van der Waals surface area contributed by atoms with Gasteiger partial charge in [-0.3, -0.25) is 38.7 Å². The first kappa shape index (κ1) is 53.3. The van der Waals surface area contributed by atoms with Crippen molar-refractivity contribution < 1.29 is 67.5 Å². The van der Waals surface area contributed by atoms with Gasteiger partial charge in [0.1, 0.15) is 36.2 Å². The van der Waals surface area contributed by atoms with E-state index in [2.05, 4.69) is 49.2 Å². The lowest BCUT2D eigenvalue weighted by atomic mass is 10.3. The Kier molecular flexibility index (Phi) is 19.9. The number of carboxylic acid groups (broad SMARTS) is 2. The van der Waals surface area contributed by atoms with Gasteiger partial charge in [-0.2, -0.15) is 0 Å². The molecule has 372 valence electrons. The van der Waals surface area contributed by atoms with E-state index < -0.39 is 48.4 Å². The van der Waals surface area contributed by atoms with Gasteiger partial charge >= 0.3 is 24.1 Å². The van der Waals surface area contributed by atoms with Gasteiger partial charge in [0.2, 0.25) is 12.5 Å². The fraction of sp³-hybridized carbons (Fsp3) is 0.381. The minimum Gasteiger partial charge on any atom is -0.481 e. The highest BCUT2D eigenvalue weighted by Crippen LogP contribution is 2.37. The van der Waals surface area contributed by atoms with Gasteiger partial charge in [0, 0.05) is 89.5 Å². The standard InChI is InChI=1S/2C17H17ClN6O3.2C4H6O4/c2*1-22-6-8-23(9-7-22)17(26)27-16-14-13(19-4-5-20-14)15(25)24(16)12-3-2-11(18)10-21-12;2*5-3-8-2-1-4(6)7/h2*2-5,10,16H,6-9H2,1H3;2*3H,1-2H2,(H,6,7)/t2*16-;;/m00../s1. The number of hydrogen-bond acceptors (Lipinski definition) is 20. The number of carbonyl (C=O) groups excluding carboxylic acids is 6. The van der Waals surface area contributed by atoms with Crippen LogP contribution in [0, 0.1) is 0 Å². The minimum atomic E-state index is -1.03. The van der Waals surface area contributed by atoms with E-state index in [0.29, 0.717) is 59.2 Å². The van der Waals surface area contributed by atoms with Gasteiger partial charge < -0.3 is 48.8 Å². The van der Waals surface area contributed by atoms with Gasteiger partial charge in [-0.1, -0.05) is 23.2 Å². The van der Waals surface area contributed by atoms with Crippen LogP contribution < -0.4 is 9.80 Å². The average molecular weight is 1010 g/mol. The van der Waals surface area contributed by atoms with Crippen LogP contribution >= 0.6 is 23.2 Å². The molecular formula is C42H46Cl2N12O14. The number of aromatic nitrogens is 6. The summed E-state index contributed by atoms with van der Waals surface area (Å²) in [5, 5.41) is 16.8. The van der Waals surface area contributed by atoms with Crippen LogP contribution in [0.1, 0.15) is 57.7 Å². The molecule has 4 aromatic rings. The van der Waals surface area contributed by atoms with E-state index in [9.17, 15) is 38.4 Å². The number of aliphatic carboxylic acids is 2. The first-order chi connectivity index (χ1) is 33.6. The fourth-order valence-corrected chi connectivity index (χ4v) is 6.69. The van der Waals surface area contributed by atoms with Crippen molar-refractivity contribution in [3.05, 3.63) is 94.3 Å². The molecule has 0 bridgehead atoms. The van der Waals surface area contributed by atoms with Crippen molar-refractivity contribution >= 4 is 83.7 Å². The summed E-state index contributed by atoms with van der Waals surface area (Å²) in [5.41, 5.74) is 0.874. The molecule has 2 saturated heterocycles. The summed E-state index contributed by atoms with van der Waals surface area (Å²) in [4.78, 5) is 124. The summed E-state index contributed by atoms with van der Waals surface area (Å²) in [6, 6.07) is 6.40. The van der Waals surface area contributed by atoms with Crippen molar-refractivity contribution in [2.24, 2.45) is 0 Å². The number of hydrogen-bond donors (Lipinski definition) is 2. The Balaban J connectivity index is 0.000000200. The van der Waals surface area contributed by atoms with Gasteiger partial charge in [-0.25, -0.2) is 39.3 Å². The van der Waals surface area contributed by atoms with E-state index in [1.807, 2.05) is 14.1 Å². The summed E-state index contributed by atoms with van der Waals surface area (Å²) in [7, 11) is 4.00. The maximum absolute atomic E-state index is 12.8. The number of carboxylic acids is 2. The molecule has 8 rings (SSSR count). The molecular weight excluding hydrogens is 967 g/mol. The molecule has 0 aromatic carbocycles. The second-order valence-electron chi connectivity index (χ2n) is 14.9. The highest BCUT2D eigenvalue weighted by molar-refractivity contribution is 6.30. The molecule has 4 aromatic heterocycles. The molecule has 4 aliphatic rings. The molecule has 0 saturated carbocycles. The number of fused-ring (bicyclic) bond motifs is 2. The number of halogens is 2. The molecule has 4 aliphatic heterocycles. The van der Waals surface area contributed by atoms with Crippen LogP contribution in [0.4, 0.5) is 21.2 Å². The van der Waals surface area contributed by atoms with E-state index in [1.54, 1.807) is 34.1 Å². The zero-order chi connectivity index (χ0) is 50.7. The Hall–Kier alpha value is -7.68. The number of rotatable bonds is 12. The van der Waals surface area contributed by atoms with E-state index in [4.69, 9.17) is 42.9 Å². The Bertz CT molecular complexity index is 2290. The van der Waals surface area contributed by atoms with E-state index >= 15 is 0 Å². The third-order valence-electron chi connectivity index (χ3n) is 10.1. The smallest absolute Gasteiger partial charge is 0.412 e. The summed E-state index contributed by atoms with van der Waals surface area (Å²) in [6.45, 7) is 5.64. The van der Waals surface area contributed by atoms with E-state index in [-0.39, 0.29) is 50.4 Å². The summed E-state index contributed by atoms with van der Waals surface area (Å²) in [6.07, 6.45) is 5.31. The maximum atomic E-state index is 12.8. The van der Waals surface area contributed by atoms with Crippen LogP contribution in [0.25, 0.3) is 0 Å². The maximum Gasteiger partial charge on any atom is 0.412 e. The lowest BCUT2D eigenvalue weighted by molar-refractivity contribution is -0.141. The van der Waals surface area contributed by atoms with Crippen LogP contribution in [0.2, 0.25) is 10.0 Å². The first-order valence-electron chi connectivity index (χ1n) is 21.0. The lowest BCUT2D eigenvalue weighted by Crippen LogP contribution is -2.48. The molecule has 2 atom stereocenters. The highest BCUT2D eigenvalue weighted by Gasteiger charge is 2.45. The molecule has 0 radical (unpaired) electrons. The largest absolute Gasteiger partial charge is 0.481 e. The molecule has 2 fully saturated rings. The molecule has 0 spiro atoms. The third kappa shape index (κ3) is 14.7. The van der Waals surface area contributed by atoms with Crippen LogP contribution in [0.15, 0.2) is 61.4 Å². The molecule has 28 heteroatoms. The monoisotopic (exact) mass is 1010 g/mol. The molecule has 4 amide bonds. The molecule has 0 unspecified atom stereocenters. The first-order valence-corrected chi connectivity index (χ1v) is 21.7. The van der Waals surface area contributed by atoms with E-state index in [1.165, 1.54) is 47.0 Å². The van der Waals surface area contributed by atoms with Gasteiger partial charge in [-0.05, 0) is 38.4 Å². The number of carbonyl (C=O) groups is 8. The number of piperazine rings is 2. The average Bonchev–Trinajstić information content (AvgIpc) is 3.78. The van der Waals surface area contributed by atoms with Gasteiger partial charge in [0.05, 0.1) is 22.9 Å². The minimum absolute atomic E-state index is 0.0428. The topological polar surface area (TPSA) is 311 Å². The summed E-state index contributed by atoms with van der Waals surface area (Å²) >= 11 is 11.8. The predicted octanol–water partition coefficient (Wildman–Crippen LogP) is 2.40. The predicted molar refractivity (Wildman–Crippen MR) is 241 cm³/mol. The van der Waals surface area contributed by atoms with Gasteiger partial charge in [0.25, 0.3) is 24.8 Å². The van der Waals surface area contributed by atoms with E-state index in [0.717, 1.165) is 26.2 Å².